The molecule has 1 aliphatic carbocycles. The van der Waals surface area contributed by atoms with Crippen molar-refractivity contribution in [2.75, 3.05) is 7.05 Å². The van der Waals surface area contributed by atoms with Crippen LogP contribution in [-0.4, -0.2) is 7.05 Å². The van der Waals surface area contributed by atoms with E-state index in [4.69, 9.17) is 5.73 Å². The zero-order valence-corrected chi connectivity index (χ0v) is 13.8. The van der Waals surface area contributed by atoms with E-state index in [0.717, 1.165) is 11.4 Å². The molecule has 0 spiro atoms. The molecule has 1 aromatic carbocycles. The third kappa shape index (κ3) is 4.66. The van der Waals surface area contributed by atoms with Gasteiger partial charge in [0.05, 0.1) is 5.82 Å². The minimum absolute atomic E-state index is 0.550. The Bertz CT molecular complexity index is 454. The van der Waals surface area contributed by atoms with Gasteiger partial charge >= 0.3 is 0 Å². The van der Waals surface area contributed by atoms with Crippen LogP contribution in [-0.2, 0) is 0 Å². The SMILES string of the molecule is C=C(/C(=C(/N)NC)C1CCCCC1)c1ccccc1.CC. The van der Waals surface area contributed by atoms with Crippen LogP contribution < -0.4 is 11.1 Å². The summed E-state index contributed by atoms with van der Waals surface area (Å²) in [5.74, 6) is 1.33. The van der Waals surface area contributed by atoms with Crippen molar-refractivity contribution in [3.8, 4) is 0 Å². The highest BCUT2D eigenvalue weighted by Crippen LogP contribution is 2.37. The zero-order valence-electron chi connectivity index (χ0n) is 13.8. The van der Waals surface area contributed by atoms with Crippen LogP contribution in [0.3, 0.4) is 0 Å². The van der Waals surface area contributed by atoms with Crippen LogP contribution >= 0.6 is 0 Å². The first kappa shape index (κ1) is 17.4. The number of nitrogens with one attached hydrogen (secondary N) is 1. The maximum absolute atomic E-state index is 6.19. The minimum atomic E-state index is 0.550. The number of nitrogens with two attached hydrogens (primary N) is 1. The summed E-state index contributed by atoms with van der Waals surface area (Å²) >= 11 is 0. The molecule has 0 heterocycles. The van der Waals surface area contributed by atoms with Gasteiger partial charge in [-0.1, -0.05) is 70.0 Å². The predicted molar refractivity (Wildman–Crippen MR) is 93.7 cm³/mol. The van der Waals surface area contributed by atoms with Gasteiger partial charge in [0.1, 0.15) is 0 Å². The molecule has 0 amide bonds. The molecule has 2 nitrogen and oxygen atoms in total. The van der Waals surface area contributed by atoms with Gasteiger partial charge in [0.25, 0.3) is 0 Å². The Morgan fingerprint density at radius 2 is 1.67 bits per heavy atom. The van der Waals surface area contributed by atoms with E-state index in [1.165, 1.54) is 43.2 Å². The number of hydrogen-bond acceptors (Lipinski definition) is 2. The number of benzene rings is 1. The highest BCUT2D eigenvalue weighted by Gasteiger charge is 2.22. The van der Waals surface area contributed by atoms with E-state index in [-0.39, 0.29) is 0 Å². The van der Waals surface area contributed by atoms with Gasteiger partial charge in [-0.05, 0) is 29.9 Å². The second kappa shape index (κ2) is 9.28. The summed E-state index contributed by atoms with van der Waals surface area (Å²) in [5.41, 5.74) is 9.65. The molecule has 0 aliphatic heterocycles. The summed E-state index contributed by atoms with van der Waals surface area (Å²) in [6, 6.07) is 10.3. The van der Waals surface area contributed by atoms with Gasteiger partial charge in [0.2, 0.25) is 0 Å². The normalized spacial score (nSPS) is 16.3. The summed E-state index contributed by atoms with van der Waals surface area (Å²) in [6.07, 6.45) is 6.40. The van der Waals surface area contributed by atoms with Crippen LogP contribution in [0.2, 0.25) is 0 Å². The molecule has 3 N–H and O–H groups in total. The lowest BCUT2D eigenvalue weighted by atomic mass is 9.79. The van der Waals surface area contributed by atoms with Gasteiger partial charge in [-0.2, -0.15) is 0 Å². The first-order valence-electron chi connectivity index (χ1n) is 8.16. The second-order valence-corrected chi connectivity index (χ2v) is 5.26. The fourth-order valence-electron chi connectivity index (χ4n) is 2.95. The highest BCUT2D eigenvalue weighted by molar-refractivity contribution is 5.78. The van der Waals surface area contributed by atoms with Crippen LogP contribution in [0.25, 0.3) is 5.57 Å². The molecule has 1 fully saturated rings. The van der Waals surface area contributed by atoms with Crippen molar-refractivity contribution in [1.82, 2.24) is 5.32 Å². The van der Waals surface area contributed by atoms with E-state index >= 15 is 0 Å². The van der Waals surface area contributed by atoms with Crippen molar-refractivity contribution in [2.24, 2.45) is 11.7 Å². The van der Waals surface area contributed by atoms with Crippen molar-refractivity contribution < 1.29 is 0 Å². The maximum atomic E-state index is 6.19. The zero-order chi connectivity index (χ0) is 15.7. The summed E-state index contributed by atoms with van der Waals surface area (Å²) in [6.45, 7) is 8.29. The number of rotatable bonds is 4. The third-order valence-corrected chi connectivity index (χ3v) is 4.02. The summed E-state index contributed by atoms with van der Waals surface area (Å²) in [7, 11) is 1.89. The lowest BCUT2D eigenvalue weighted by Gasteiger charge is -2.27. The van der Waals surface area contributed by atoms with Gasteiger partial charge in [-0.25, -0.2) is 0 Å². The Morgan fingerprint density at radius 1 is 1.10 bits per heavy atom. The Labute approximate surface area is 130 Å². The maximum Gasteiger partial charge on any atom is 0.0999 e. The molecule has 1 saturated carbocycles. The third-order valence-electron chi connectivity index (χ3n) is 4.02. The first-order chi connectivity index (χ1) is 10.2. The van der Waals surface area contributed by atoms with E-state index in [2.05, 4.69) is 36.2 Å². The molecular weight excluding hydrogens is 256 g/mol. The van der Waals surface area contributed by atoms with E-state index in [9.17, 15) is 0 Å². The molecule has 2 heteroatoms. The van der Waals surface area contributed by atoms with Crippen LogP contribution in [0.15, 0.2) is 48.3 Å². The molecule has 0 aromatic heterocycles. The van der Waals surface area contributed by atoms with E-state index < -0.39 is 0 Å². The summed E-state index contributed by atoms with van der Waals surface area (Å²) in [5, 5.41) is 3.11. The van der Waals surface area contributed by atoms with Crippen molar-refractivity contribution in [2.45, 2.75) is 46.0 Å². The average Bonchev–Trinajstić information content (AvgIpc) is 2.58. The smallest absolute Gasteiger partial charge is 0.0999 e. The van der Waals surface area contributed by atoms with Crippen LogP contribution in [0, 0.1) is 5.92 Å². The van der Waals surface area contributed by atoms with Gasteiger partial charge in [-0.3, -0.25) is 0 Å². The number of hydrogen-bond donors (Lipinski definition) is 2. The van der Waals surface area contributed by atoms with Crippen LogP contribution in [0.4, 0.5) is 0 Å². The molecule has 0 saturated heterocycles. The van der Waals surface area contributed by atoms with Gasteiger partial charge in [0.15, 0.2) is 0 Å². The van der Waals surface area contributed by atoms with Crippen molar-refractivity contribution in [3.05, 3.63) is 53.9 Å². The Morgan fingerprint density at radius 3 is 2.19 bits per heavy atom. The molecule has 0 radical (unpaired) electrons. The summed E-state index contributed by atoms with van der Waals surface area (Å²) < 4.78 is 0. The highest BCUT2D eigenvalue weighted by atomic mass is 15.0. The fraction of sp³-hybridized carbons (Fsp3) is 0.474. The van der Waals surface area contributed by atoms with Gasteiger partial charge < -0.3 is 11.1 Å². The van der Waals surface area contributed by atoms with Crippen molar-refractivity contribution in [1.29, 1.82) is 0 Å². The monoisotopic (exact) mass is 286 g/mol. The Balaban J connectivity index is 0.00000106. The molecule has 0 bridgehead atoms. The molecule has 1 aliphatic rings. The topological polar surface area (TPSA) is 38.0 Å². The van der Waals surface area contributed by atoms with Gasteiger partial charge in [-0.15, -0.1) is 0 Å². The number of allylic oxidation sites excluding steroid dienone is 2. The van der Waals surface area contributed by atoms with Gasteiger partial charge in [0, 0.05) is 12.6 Å². The molecular formula is C19H30N2. The average molecular weight is 286 g/mol. The van der Waals surface area contributed by atoms with Crippen molar-refractivity contribution >= 4 is 5.57 Å². The van der Waals surface area contributed by atoms with Crippen molar-refractivity contribution in [3.63, 3.8) is 0 Å². The Hall–Kier alpha value is -1.70. The molecule has 1 aromatic rings. The molecule has 0 unspecified atom stereocenters. The minimum Gasteiger partial charge on any atom is -0.385 e. The lowest BCUT2D eigenvalue weighted by Crippen LogP contribution is -2.23. The van der Waals surface area contributed by atoms with E-state index in [1.807, 2.05) is 27.0 Å². The van der Waals surface area contributed by atoms with Crippen LogP contribution in [0.5, 0.6) is 0 Å². The first-order valence-corrected chi connectivity index (χ1v) is 8.16. The largest absolute Gasteiger partial charge is 0.385 e. The molecule has 2 rings (SSSR count). The van der Waals surface area contributed by atoms with E-state index in [0.29, 0.717) is 5.92 Å². The quantitative estimate of drug-likeness (QED) is 0.788. The molecule has 0 atom stereocenters. The fourth-order valence-corrected chi connectivity index (χ4v) is 2.95. The molecule has 21 heavy (non-hydrogen) atoms. The van der Waals surface area contributed by atoms with Crippen LogP contribution in [0.1, 0.15) is 51.5 Å². The predicted octanol–water partition coefficient (Wildman–Crippen LogP) is 4.70. The van der Waals surface area contributed by atoms with E-state index in [1.54, 1.807) is 0 Å². The summed E-state index contributed by atoms with van der Waals surface area (Å²) in [4.78, 5) is 0. The molecule has 116 valence electrons. The standard InChI is InChI=1S/C17H24N2.C2H6/c1-13(14-9-5-3-6-10-14)16(17(18)19-2)15-11-7-4-8-12-15;1-2/h3,5-6,9-10,15,19H,1,4,7-8,11-12,18H2,2H3;1-2H3/b17-16+;. The second-order valence-electron chi connectivity index (χ2n) is 5.26. The Kier molecular flexibility index (Phi) is 7.66. The lowest BCUT2D eigenvalue weighted by molar-refractivity contribution is 0.406.